The van der Waals surface area contributed by atoms with Crippen LogP contribution in [-0.4, -0.2) is 43.2 Å². The van der Waals surface area contributed by atoms with Crippen LogP contribution in [0.2, 0.25) is 0 Å². The second-order valence-corrected chi connectivity index (χ2v) is 4.49. The number of thiocarbonyl (C=S) groups is 1. The third kappa shape index (κ3) is 3.39. The van der Waals surface area contributed by atoms with Gasteiger partial charge in [0.25, 0.3) is 0 Å². The summed E-state index contributed by atoms with van der Waals surface area (Å²) >= 11 is 4.98. The van der Waals surface area contributed by atoms with Crippen LogP contribution in [0.15, 0.2) is 0 Å². The standard InChI is InChI=1S/C11H18N2O4S/c1-2-17-8(14)7-13-10(15)11(9(12)18)3-5-16-6-4-11/h2-7H2,1H3,(H2,12,18)(H,13,15). The summed E-state index contributed by atoms with van der Waals surface area (Å²) in [6, 6.07) is 0. The van der Waals surface area contributed by atoms with Crippen LogP contribution in [0.3, 0.4) is 0 Å². The number of nitrogens with two attached hydrogens (primary N) is 1. The first-order chi connectivity index (χ1) is 8.53. The maximum Gasteiger partial charge on any atom is 0.325 e. The van der Waals surface area contributed by atoms with E-state index in [1.807, 2.05) is 0 Å². The van der Waals surface area contributed by atoms with Crippen molar-refractivity contribution < 1.29 is 19.1 Å². The first-order valence-electron chi connectivity index (χ1n) is 5.84. The second-order valence-electron chi connectivity index (χ2n) is 4.05. The van der Waals surface area contributed by atoms with Gasteiger partial charge in [-0.25, -0.2) is 0 Å². The largest absolute Gasteiger partial charge is 0.465 e. The molecule has 1 amide bonds. The molecule has 0 spiro atoms. The fourth-order valence-corrected chi connectivity index (χ4v) is 2.14. The lowest BCUT2D eigenvalue weighted by Gasteiger charge is -2.34. The monoisotopic (exact) mass is 274 g/mol. The van der Waals surface area contributed by atoms with Crippen LogP contribution in [0.1, 0.15) is 19.8 Å². The molecular weight excluding hydrogens is 256 g/mol. The van der Waals surface area contributed by atoms with E-state index >= 15 is 0 Å². The molecule has 7 heteroatoms. The molecule has 0 saturated carbocycles. The third-order valence-electron chi connectivity index (χ3n) is 2.95. The van der Waals surface area contributed by atoms with Crippen molar-refractivity contribution in [2.75, 3.05) is 26.4 Å². The number of hydrogen-bond acceptors (Lipinski definition) is 5. The molecule has 1 aliphatic rings. The molecule has 6 nitrogen and oxygen atoms in total. The maximum atomic E-state index is 12.1. The van der Waals surface area contributed by atoms with E-state index in [2.05, 4.69) is 5.32 Å². The van der Waals surface area contributed by atoms with Gasteiger partial charge in [-0.1, -0.05) is 12.2 Å². The Bertz CT molecular complexity index is 340. The molecule has 0 aromatic rings. The molecule has 0 aromatic heterocycles. The summed E-state index contributed by atoms with van der Waals surface area (Å²) in [4.78, 5) is 23.5. The van der Waals surface area contributed by atoms with Gasteiger partial charge in [-0.2, -0.15) is 0 Å². The first kappa shape index (κ1) is 14.8. The van der Waals surface area contributed by atoms with Crippen LogP contribution in [0, 0.1) is 5.41 Å². The molecule has 0 atom stereocenters. The number of hydrogen-bond donors (Lipinski definition) is 2. The number of carbonyl (C=O) groups excluding carboxylic acids is 2. The Morgan fingerprint density at radius 2 is 2.06 bits per heavy atom. The lowest BCUT2D eigenvalue weighted by molar-refractivity contribution is -0.144. The van der Waals surface area contributed by atoms with Crippen molar-refractivity contribution in [2.45, 2.75) is 19.8 Å². The van der Waals surface area contributed by atoms with Crippen molar-refractivity contribution in [1.82, 2.24) is 5.32 Å². The lowest BCUT2D eigenvalue weighted by atomic mass is 9.79. The van der Waals surface area contributed by atoms with Gasteiger partial charge in [-0.15, -0.1) is 0 Å². The predicted molar refractivity (Wildman–Crippen MR) is 68.9 cm³/mol. The molecule has 3 N–H and O–H groups in total. The molecule has 0 aliphatic carbocycles. The highest BCUT2D eigenvalue weighted by molar-refractivity contribution is 7.80. The highest BCUT2D eigenvalue weighted by atomic mass is 32.1. The molecule has 1 rings (SSSR count). The van der Waals surface area contributed by atoms with Gasteiger partial charge in [0, 0.05) is 13.2 Å². The zero-order chi connectivity index (χ0) is 13.6. The van der Waals surface area contributed by atoms with Crippen LogP contribution in [0.5, 0.6) is 0 Å². The van der Waals surface area contributed by atoms with E-state index in [-0.39, 0.29) is 24.0 Å². The average molecular weight is 274 g/mol. The van der Waals surface area contributed by atoms with E-state index in [1.165, 1.54) is 0 Å². The molecule has 0 radical (unpaired) electrons. The van der Waals surface area contributed by atoms with Gasteiger partial charge in [0.1, 0.15) is 12.0 Å². The molecule has 0 unspecified atom stereocenters. The summed E-state index contributed by atoms with van der Waals surface area (Å²) < 4.78 is 9.93. The first-order valence-corrected chi connectivity index (χ1v) is 6.25. The van der Waals surface area contributed by atoms with E-state index in [0.29, 0.717) is 26.1 Å². The minimum Gasteiger partial charge on any atom is -0.465 e. The van der Waals surface area contributed by atoms with Gasteiger partial charge < -0.3 is 20.5 Å². The maximum absolute atomic E-state index is 12.1. The number of nitrogens with one attached hydrogen (secondary N) is 1. The van der Waals surface area contributed by atoms with E-state index in [1.54, 1.807) is 6.92 Å². The highest BCUT2D eigenvalue weighted by Gasteiger charge is 2.42. The smallest absolute Gasteiger partial charge is 0.325 e. The van der Waals surface area contributed by atoms with E-state index in [0.717, 1.165) is 0 Å². The zero-order valence-corrected chi connectivity index (χ0v) is 11.2. The van der Waals surface area contributed by atoms with Gasteiger partial charge in [0.15, 0.2) is 0 Å². The van der Waals surface area contributed by atoms with Crippen LogP contribution in [0.4, 0.5) is 0 Å². The summed E-state index contributed by atoms with van der Waals surface area (Å²) in [5, 5.41) is 2.52. The van der Waals surface area contributed by atoms with E-state index in [9.17, 15) is 9.59 Å². The summed E-state index contributed by atoms with van der Waals surface area (Å²) in [6.45, 7) is 2.68. The molecule has 1 heterocycles. The Morgan fingerprint density at radius 1 is 1.44 bits per heavy atom. The summed E-state index contributed by atoms with van der Waals surface area (Å²) in [7, 11) is 0. The van der Waals surface area contributed by atoms with Crippen LogP contribution in [0.25, 0.3) is 0 Å². The van der Waals surface area contributed by atoms with Crippen LogP contribution < -0.4 is 11.1 Å². The minimum atomic E-state index is -0.903. The number of esters is 1. The molecule has 1 fully saturated rings. The highest BCUT2D eigenvalue weighted by Crippen LogP contribution is 2.31. The normalized spacial score (nSPS) is 17.8. The van der Waals surface area contributed by atoms with Crippen molar-refractivity contribution in [3.8, 4) is 0 Å². The van der Waals surface area contributed by atoms with Gasteiger partial charge in [-0.05, 0) is 19.8 Å². The molecule has 102 valence electrons. The van der Waals surface area contributed by atoms with Crippen molar-refractivity contribution in [3.05, 3.63) is 0 Å². The van der Waals surface area contributed by atoms with Gasteiger partial charge >= 0.3 is 5.97 Å². The molecule has 1 aliphatic heterocycles. The average Bonchev–Trinajstić information content (AvgIpc) is 2.37. The Balaban J connectivity index is 2.61. The van der Waals surface area contributed by atoms with Crippen molar-refractivity contribution in [1.29, 1.82) is 0 Å². The summed E-state index contributed by atoms with van der Waals surface area (Å²) in [6.07, 6.45) is 0.883. The van der Waals surface area contributed by atoms with Crippen LogP contribution >= 0.6 is 12.2 Å². The van der Waals surface area contributed by atoms with Crippen molar-refractivity contribution >= 4 is 29.1 Å². The lowest BCUT2D eigenvalue weighted by Crippen LogP contribution is -2.52. The van der Waals surface area contributed by atoms with E-state index < -0.39 is 11.4 Å². The second kappa shape index (κ2) is 6.65. The molecule has 0 bridgehead atoms. The van der Waals surface area contributed by atoms with Crippen molar-refractivity contribution in [3.63, 3.8) is 0 Å². The Kier molecular flexibility index (Phi) is 5.49. The summed E-state index contributed by atoms with van der Waals surface area (Å²) in [5.41, 5.74) is 4.76. The van der Waals surface area contributed by atoms with Gasteiger partial charge in [0.2, 0.25) is 5.91 Å². The molecule has 1 saturated heterocycles. The number of ether oxygens (including phenoxy) is 2. The van der Waals surface area contributed by atoms with Crippen LogP contribution in [-0.2, 0) is 19.1 Å². The third-order valence-corrected chi connectivity index (χ3v) is 3.34. The minimum absolute atomic E-state index is 0.146. The Hall–Kier alpha value is -1.21. The van der Waals surface area contributed by atoms with E-state index in [4.69, 9.17) is 27.4 Å². The molecule has 18 heavy (non-hydrogen) atoms. The topological polar surface area (TPSA) is 90.7 Å². The number of rotatable bonds is 5. The van der Waals surface area contributed by atoms with Gasteiger partial charge in [0.05, 0.1) is 11.6 Å². The predicted octanol–water partition coefficient (Wildman–Crippen LogP) is -0.251. The quantitative estimate of drug-likeness (QED) is 0.530. The zero-order valence-electron chi connectivity index (χ0n) is 10.4. The number of carbonyl (C=O) groups is 2. The SMILES string of the molecule is CCOC(=O)CNC(=O)C1(C(N)=S)CCOCC1. The van der Waals surface area contributed by atoms with Crippen molar-refractivity contribution in [2.24, 2.45) is 11.1 Å². The Labute approximate surface area is 111 Å². The molecule has 0 aromatic carbocycles. The Morgan fingerprint density at radius 3 is 2.56 bits per heavy atom. The molecular formula is C11H18N2O4S. The fourth-order valence-electron chi connectivity index (χ4n) is 1.84. The fraction of sp³-hybridized carbons (Fsp3) is 0.727. The summed E-state index contributed by atoms with van der Waals surface area (Å²) in [5.74, 6) is -0.803. The number of amides is 1. The van der Waals surface area contributed by atoms with Gasteiger partial charge in [-0.3, -0.25) is 9.59 Å².